The average Bonchev–Trinajstić information content (AvgIpc) is 2.27. The molecule has 1 aromatic carbocycles. The van der Waals surface area contributed by atoms with E-state index in [1.54, 1.807) is 0 Å². The van der Waals surface area contributed by atoms with E-state index in [0.29, 0.717) is 0 Å². The number of hydrogen-bond acceptors (Lipinski definition) is 4. The van der Waals surface area contributed by atoms with Crippen molar-refractivity contribution in [2.24, 2.45) is 0 Å². The lowest BCUT2D eigenvalue weighted by molar-refractivity contribution is 0.584. The Kier molecular flexibility index (Phi) is 3.59. The Bertz CT molecular complexity index is 701. The first kappa shape index (κ1) is 13.6. The second kappa shape index (κ2) is 5.02. The highest BCUT2D eigenvalue weighted by atomic mass is 35.5. The standard InChI is InChI=1S/C11H9ClFN3O2S/c12-7-3-1-4-8(14)11(7)19(17,18)16-10-6-2-5-9(13)15-10/h1-6H,14H2,(H,15,16). The average molecular weight is 302 g/mol. The normalized spacial score (nSPS) is 11.3. The van der Waals surface area contributed by atoms with E-state index in [4.69, 9.17) is 17.3 Å². The summed E-state index contributed by atoms with van der Waals surface area (Å²) in [5.41, 5.74) is 5.59. The molecule has 19 heavy (non-hydrogen) atoms. The molecule has 0 amide bonds. The zero-order valence-corrected chi connectivity index (χ0v) is 11.0. The monoisotopic (exact) mass is 301 g/mol. The van der Waals surface area contributed by atoms with Crippen LogP contribution in [0.25, 0.3) is 0 Å². The van der Waals surface area contributed by atoms with Gasteiger partial charge in [0.15, 0.2) is 0 Å². The summed E-state index contributed by atoms with van der Waals surface area (Å²) in [5.74, 6) is -0.952. The fourth-order valence-electron chi connectivity index (χ4n) is 1.46. The molecule has 2 rings (SSSR count). The maximum absolute atomic E-state index is 12.9. The minimum atomic E-state index is -4.03. The van der Waals surface area contributed by atoms with E-state index in [1.807, 2.05) is 0 Å². The number of aromatic nitrogens is 1. The third-order valence-corrected chi connectivity index (χ3v) is 4.12. The molecule has 0 fully saturated rings. The molecule has 0 saturated heterocycles. The van der Waals surface area contributed by atoms with Crippen LogP contribution >= 0.6 is 11.6 Å². The van der Waals surface area contributed by atoms with Gasteiger partial charge in [-0.1, -0.05) is 23.7 Å². The molecule has 0 bridgehead atoms. The molecule has 3 N–H and O–H groups in total. The molecule has 0 aliphatic rings. The minimum absolute atomic E-state index is 0.00333. The van der Waals surface area contributed by atoms with Gasteiger partial charge in [-0.15, -0.1) is 0 Å². The molecule has 0 unspecified atom stereocenters. The predicted molar refractivity (Wildman–Crippen MR) is 70.9 cm³/mol. The van der Waals surface area contributed by atoms with Gasteiger partial charge >= 0.3 is 0 Å². The lowest BCUT2D eigenvalue weighted by Crippen LogP contribution is -2.16. The van der Waals surface area contributed by atoms with Crippen LogP contribution in [0.4, 0.5) is 15.9 Å². The van der Waals surface area contributed by atoms with Crippen molar-refractivity contribution in [3.8, 4) is 0 Å². The van der Waals surface area contributed by atoms with Crippen molar-refractivity contribution in [2.75, 3.05) is 10.5 Å². The van der Waals surface area contributed by atoms with Crippen LogP contribution in [0.5, 0.6) is 0 Å². The van der Waals surface area contributed by atoms with Crippen molar-refractivity contribution in [1.82, 2.24) is 4.98 Å². The van der Waals surface area contributed by atoms with Crippen molar-refractivity contribution >= 4 is 33.1 Å². The second-order valence-electron chi connectivity index (χ2n) is 3.61. The Morgan fingerprint density at radius 2 is 1.89 bits per heavy atom. The van der Waals surface area contributed by atoms with Gasteiger partial charge in [0, 0.05) is 0 Å². The number of pyridine rings is 1. The molecule has 1 aromatic heterocycles. The Morgan fingerprint density at radius 1 is 1.21 bits per heavy atom. The number of nitrogens with one attached hydrogen (secondary N) is 1. The molecule has 0 radical (unpaired) electrons. The number of rotatable bonds is 3. The van der Waals surface area contributed by atoms with E-state index < -0.39 is 16.0 Å². The number of nitrogen functional groups attached to an aromatic ring is 1. The molecule has 8 heteroatoms. The summed E-state index contributed by atoms with van der Waals surface area (Å²) < 4.78 is 39.3. The molecule has 0 spiro atoms. The maximum Gasteiger partial charge on any atom is 0.266 e. The summed E-state index contributed by atoms with van der Waals surface area (Å²) in [6.45, 7) is 0. The van der Waals surface area contributed by atoms with E-state index in [9.17, 15) is 12.8 Å². The van der Waals surface area contributed by atoms with Gasteiger partial charge in [-0.25, -0.2) is 13.4 Å². The largest absolute Gasteiger partial charge is 0.398 e. The Hall–Kier alpha value is -1.86. The molecule has 0 atom stereocenters. The van der Waals surface area contributed by atoms with Crippen LogP contribution in [-0.4, -0.2) is 13.4 Å². The van der Waals surface area contributed by atoms with Crippen LogP contribution in [0.2, 0.25) is 5.02 Å². The van der Waals surface area contributed by atoms with E-state index in [2.05, 4.69) is 9.71 Å². The molecule has 2 aromatic rings. The Labute approximate surface area is 114 Å². The van der Waals surface area contributed by atoms with Gasteiger partial charge in [-0.3, -0.25) is 4.72 Å². The number of halogens is 2. The number of anilines is 2. The molecule has 1 heterocycles. The lowest BCUT2D eigenvalue weighted by Gasteiger charge is -2.10. The lowest BCUT2D eigenvalue weighted by atomic mass is 10.3. The van der Waals surface area contributed by atoms with Gasteiger partial charge in [0.25, 0.3) is 10.0 Å². The minimum Gasteiger partial charge on any atom is -0.398 e. The zero-order valence-electron chi connectivity index (χ0n) is 9.47. The van der Waals surface area contributed by atoms with Crippen molar-refractivity contribution in [2.45, 2.75) is 4.90 Å². The Morgan fingerprint density at radius 3 is 2.53 bits per heavy atom. The third kappa shape index (κ3) is 2.94. The van der Waals surface area contributed by atoms with Crippen LogP contribution < -0.4 is 10.5 Å². The summed E-state index contributed by atoms with van der Waals surface area (Å²) in [6.07, 6.45) is 0. The number of sulfonamides is 1. The van der Waals surface area contributed by atoms with E-state index in [0.717, 1.165) is 6.07 Å². The summed E-state index contributed by atoms with van der Waals surface area (Å²) in [4.78, 5) is 3.14. The van der Waals surface area contributed by atoms with Gasteiger partial charge in [-0.2, -0.15) is 4.39 Å². The fraction of sp³-hybridized carbons (Fsp3) is 0. The summed E-state index contributed by atoms with van der Waals surface area (Å²) in [7, 11) is -4.03. The first-order chi connectivity index (χ1) is 8.90. The summed E-state index contributed by atoms with van der Waals surface area (Å²) in [6, 6.07) is 8.06. The number of benzene rings is 1. The molecule has 0 saturated carbocycles. The quantitative estimate of drug-likeness (QED) is 0.672. The zero-order chi connectivity index (χ0) is 14.0. The van der Waals surface area contributed by atoms with Gasteiger partial charge in [-0.05, 0) is 24.3 Å². The topological polar surface area (TPSA) is 85.1 Å². The van der Waals surface area contributed by atoms with Gasteiger partial charge in [0.05, 0.1) is 10.7 Å². The van der Waals surface area contributed by atoms with Crippen LogP contribution in [0, 0.1) is 5.95 Å². The van der Waals surface area contributed by atoms with Gasteiger partial charge in [0.2, 0.25) is 5.95 Å². The number of nitrogens with zero attached hydrogens (tertiary/aromatic N) is 1. The van der Waals surface area contributed by atoms with Crippen molar-refractivity contribution in [3.05, 3.63) is 47.4 Å². The highest BCUT2D eigenvalue weighted by Gasteiger charge is 2.21. The molecule has 0 aliphatic heterocycles. The Balaban J connectivity index is 2.44. The van der Waals surface area contributed by atoms with Crippen molar-refractivity contribution < 1.29 is 12.8 Å². The van der Waals surface area contributed by atoms with E-state index in [1.165, 1.54) is 30.3 Å². The molecule has 100 valence electrons. The van der Waals surface area contributed by atoms with Crippen LogP contribution in [0.1, 0.15) is 0 Å². The predicted octanol–water partition coefficient (Wildman–Crippen LogP) is 2.26. The van der Waals surface area contributed by atoms with Crippen molar-refractivity contribution in [3.63, 3.8) is 0 Å². The number of hydrogen-bond donors (Lipinski definition) is 2. The maximum atomic E-state index is 12.9. The summed E-state index contributed by atoms with van der Waals surface area (Å²) in [5, 5.41) is -0.0242. The van der Waals surface area contributed by atoms with E-state index in [-0.39, 0.29) is 21.4 Å². The van der Waals surface area contributed by atoms with E-state index >= 15 is 0 Å². The molecular weight excluding hydrogens is 293 g/mol. The van der Waals surface area contributed by atoms with Crippen molar-refractivity contribution in [1.29, 1.82) is 0 Å². The summed E-state index contributed by atoms with van der Waals surface area (Å²) >= 11 is 5.82. The SMILES string of the molecule is Nc1cccc(Cl)c1S(=O)(=O)Nc1cccc(F)n1. The van der Waals surface area contributed by atoms with Crippen LogP contribution in [-0.2, 0) is 10.0 Å². The molecule has 5 nitrogen and oxygen atoms in total. The fourth-order valence-corrected chi connectivity index (χ4v) is 3.14. The highest BCUT2D eigenvalue weighted by Crippen LogP contribution is 2.28. The van der Waals surface area contributed by atoms with Crippen LogP contribution in [0.15, 0.2) is 41.3 Å². The first-order valence-corrected chi connectivity index (χ1v) is 6.95. The van der Waals surface area contributed by atoms with Gasteiger partial charge in [0.1, 0.15) is 10.7 Å². The van der Waals surface area contributed by atoms with Gasteiger partial charge < -0.3 is 5.73 Å². The highest BCUT2D eigenvalue weighted by molar-refractivity contribution is 7.93. The smallest absolute Gasteiger partial charge is 0.266 e. The number of nitrogens with two attached hydrogens (primary N) is 1. The third-order valence-electron chi connectivity index (χ3n) is 2.22. The van der Waals surface area contributed by atoms with Crippen LogP contribution in [0.3, 0.4) is 0 Å². The second-order valence-corrected chi connectivity index (χ2v) is 5.64. The molecule has 0 aliphatic carbocycles. The molecular formula is C11H9ClFN3O2S. The first-order valence-electron chi connectivity index (χ1n) is 5.09.